The lowest BCUT2D eigenvalue weighted by atomic mass is 10.0. The van der Waals surface area contributed by atoms with Gasteiger partial charge in [-0.15, -0.1) is 0 Å². The van der Waals surface area contributed by atoms with E-state index in [4.69, 9.17) is 16.3 Å². The van der Waals surface area contributed by atoms with E-state index >= 15 is 0 Å². The first-order valence-electron chi connectivity index (χ1n) is 5.66. The Kier molecular flexibility index (Phi) is 3.89. The third-order valence-corrected chi connectivity index (χ3v) is 3.06. The van der Waals surface area contributed by atoms with E-state index in [9.17, 15) is 0 Å². The maximum absolute atomic E-state index is 6.06. The van der Waals surface area contributed by atoms with Gasteiger partial charge in [0.2, 0.25) is 0 Å². The molecular weight excluding hydrogens is 250 g/mol. The summed E-state index contributed by atoms with van der Waals surface area (Å²) in [5.74, 6) is 0.796. The quantitative estimate of drug-likeness (QED) is 0.923. The summed E-state index contributed by atoms with van der Waals surface area (Å²) in [6.45, 7) is 0. The van der Waals surface area contributed by atoms with Gasteiger partial charge in [0, 0.05) is 23.8 Å². The Labute approximate surface area is 112 Å². The summed E-state index contributed by atoms with van der Waals surface area (Å²) in [6.07, 6.45) is 1.91. The van der Waals surface area contributed by atoms with Gasteiger partial charge in [-0.3, -0.25) is 4.68 Å². The van der Waals surface area contributed by atoms with E-state index in [0.717, 1.165) is 17.0 Å². The summed E-state index contributed by atoms with van der Waals surface area (Å²) < 4.78 is 7.15. The van der Waals surface area contributed by atoms with Gasteiger partial charge in [0.05, 0.1) is 18.8 Å². The second-order valence-electron chi connectivity index (χ2n) is 4.02. The number of nitrogens with zero attached hydrogens (tertiary/aromatic N) is 2. The van der Waals surface area contributed by atoms with Gasteiger partial charge in [0.15, 0.2) is 0 Å². The maximum atomic E-state index is 6.06. The largest absolute Gasteiger partial charge is 0.496 e. The number of ether oxygens (including phenoxy) is 1. The minimum atomic E-state index is -0.0418. The van der Waals surface area contributed by atoms with Crippen molar-refractivity contribution in [1.82, 2.24) is 15.1 Å². The second-order valence-corrected chi connectivity index (χ2v) is 4.46. The van der Waals surface area contributed by atoms with Crippen molar-refractivity contribution in [2.45, 2.75) is 6.04 Å². The van der Waals surface area contributed by atoms with Crippen LogP contribution in [0.1, 0.15) is 17.3 Å². The first-order chi connectivity index (χ1) is 8.65. The van der Waals surface area contributed by atoms with Crippen molar-refractivity contribution in [2.75, 3.05) is 14.2 Å². The molecule has 0 aliphatic heterocycles. The Hall–Kier alpha value is -1.52. The Balaban J connectivity index is 2.47. The molecule has 1 unspecified atom stereocenters. The standard InChI is InChI=1S/C13H16ClN3O/c1-15-13(11-6-7-17(2)16-11)10-8-9(14)4-5-12(10)18-3/h4-8,13,15H,1-3H3. The van der Waals surface area contributed by atoms with Crippen LogP contribution in [0.2, 0.25) is 5.02 Å². The van der Waals surface area contributed by atoms with Crippen LogP contribution in [0.5, 0.6) is 5.75 Å². The Morgan fingerprint density at radius 3 is 2.72 bits per heavy atom. The Morgan fingerprint density at radius 1 is 1.39 bits per heavy atom. The molecule has 2 aromatic rings. The Bertz CT molecular complexity index is 539. The summed E-state index contributed by atoms with van der Waals surface area (Å²) in [5.41, 5.74) is 1.91. The molecule has 0 saturated carbocycles. The minimum Gasteiger partial charge on any atom is -0.496 e. The fourth-order valence-electron chi connectivity index (χ4n) is 1.98. The van der Waals surface area contributed by atoms with Crippen LogP contribution in [0.25, 0.3) is 0 Å². The van der Waals surface area contributed by atoms with Gasteiger partial charge < -0.3 is 10.1 Å². The number of rotatable bonds is 4. The van der Waals surface area contributed by atoms with Gasteiger partial charge in [-0.05, 0) is 31.3 Å². The molecule has 4 nitrogen and oxygen atoms in total. The molecule has 0 spiro atoms. The highest BCUT2D eigenvalue weighted by Gasteiger charge is 2.19. The number of methoxy groups -OCH3 is 1. The molecule has 0 aliphatic carbocycles. The van der Waals surface area contributed by atoms with Crippen molar-refractivity contribution in [3.8, 4) is 5.75 Å². The lowest BCUT2D eigenvalue weighted by Gasteiger charge is -2.17. The molecule has 96 valence electrons. The smallest absolute Gasteiger partial charge is 0.124 e. The van der Waals surface area contributed by atoms with Crippen molar-refractivity contribution in [2.24, 2.45) is 7.05 Å². The van der Waals surface area contributed by atoms with E-state index in [2.05, 4.69) is 10.4 Å². The first kappa shape index (κ1) is 12.9. The third-order valence-electron chi connectivity index (χ3n) is 2.82. The zero-order valence-corrected chi connectivity index (χ0v) is 11.4. The fourth-order valence-corrected chi connectivity index (χ4v) is 2.16. The van der Waals surface area contributed by atoms with Crippen molar-refractivity contribution >= 4 is 11.6 Å². The molecule has 0 amide bonds. The fraction of sp³-hybridized carbons (Fsp3) is 0.308. The normalized spacial score (nSPS) is 12.4. The lowest BCUT2D eigenvalue weighted by molar-refractivity contribution is 0.405. The number of hydrogen-bond donors (Lipinski definition) is 1. The van der Waals surface area contributed by atoms with Crippen LogP contribution in [0.15, 0.2) is 30.5 Å². The molecular formula is C13H16ClN3O. The summed E-state index contributed by atoms with van der Waals surface area (Å²) in [6, 6.07) is 7.51. The van der Waals surface area contributed by atoms with E-state index < -0.39 is 0 Å². The summed E-state index contributed by atoms with van der Waals surface area (Å²) >= 11 is 6.06. The number of aromatic nitrogens is 2. The molecule has 18 heavy (non-hydrogen) atoms. The molecule has 5 heteroatoms. The van der Waals surface area contributed by atoms with Gasteiger partial charge in [-0.2, -0.15) is 5.10 Å². The van der Waals surface area contributed by atoms with Crippen molar-refractivity contribution in [3.05, 3.63) is 46.7 Å². The zero-order valence-electron chi connectivity index (χ0n) is 10.6. The molecule has 0 saturated heterocycles. The van der Waals surface area contributed by atoms with E-state index in [1.807, 2.05) is 44.6 Å². The van der Waals surface area contributed by atoms with Gasteiger partial charge in [-0.25, -0.2) is 0 Å². The molecule has 0 radical (unpaired) electrons. The highest BCUT2D eigenvalue weighted by Crippen LogP contribution is 2.31. The molecule has 1 aromatic heterocycles. The molecule has 1 heterocycles. The second kappa shape index (κ2) is 5.42. The van der Waals surface area contributed by atoms with E-state index in [1.54, 1.807) is 11.8 Å². The molecule has 0 bridgehead atoms. The van der Waals surface area contributed by atoms with Crippen LogP contribution in [0.3, 0.4) is 0 Å². The van der Waals surface area contributed by atoms with Crippen LogP contribution < -0.4 is 10.1 Å². The number of halogens is 1. The molecule has 0 aliphatic rings. The zero-order chi connectivity index (χ0) is 13.1. The van der Waals surface area contributed by atoms with Crippen LogP contribution in [-0.2, 0) is 7.05 Å². The van der Waals surface area contributed by atoms with Crippen molar-refractivity contribution in [1.29, 1.82) is 0 Å². The van der Waals surface area contributed by atoms with E-state index in [0.29, 0.717) is 5.02 Å². The summed E-state index contributed by atoms with van der Waals surface area (Å²) in [5, 5.41) is 8.34. The summed E-state index contributed by atoms with van der Waals surface area (Å²) in [4.78, 5) is 0. The predicted molar refractivity (Wildman–Crippen MR) is 72.1 cm³/mol. The molecule has 1 N–H and O–H groups in total. The highest BCUT2D eigenvalue weighted by atomic mass is 35.5. The molecule has 0 fully saturated rings. The average molecular weight is 266 g/mol. The van der Waals surface area contributed by atoms with Crippen molar-refractivity contribution in [3.63, 3.8) is 0 Å². The predicted octanol–water partition coefficient (Wildman–Crippen LogP) is 2.39. The maximum Gasteiger partial charge on any atom is 0.124 e. The van der Waals surface area contributed by atoms with Gasteiger partial charge in [0.25, 0.3) is 0 Å². The average Bonchev–Trinajstić information content (AvgIpc) is 2.77. The summed E-state index contributed by atoms with van der Waals surface area (Å²) in [7, 11) is 5.43. The molecule has 2 rings (SSSR count). The van der Waals surface area contributed by atoms with Crippen LogP contribution in [0, 0.1) is 0 Å². The number of hydrogen-bond acceptors (Lipinski definition) is 3. The monoisotopic (exact) mass is 265 g/mol. The Morgan fingerprint density at radius 2 is 2.17 bits per heavy atom. The molecule has 1 atom stereocenters. The van der Waals surface area contributed by atoms with Crippen molar-refractivity contribution < 1.29 is 4.74 Å². The third kappa shape index (κ3) is 2.49. The van der Waals surface area contributed by atoms with E-state index in [-0.39, 0.29) is 6.04 Å². The lowest BCUT2D eigenvalue weighted by Crippen LogP contribution is -2.19. The molecule has 1 aromatic carbocycles. The number of benzene rings is 1. The topological polar surface area (TPSA) is 39.1 Å². The van der Waals surface area contributed by atoms with Crippen LogP contribution >= 0.6 is 11.6 Å². The highest BCUT2D eigenvalue weighted by molar-refractivity contribution is 6.30. The van der Waals surface area contributed by atoms with Crippen LogP contribution in [0.4, 0.5) is 0 Å². The minimum absolute atomic E-state index is 0.0418. The number of nitrogens with one attached hydrogen (secondary N) is 1. The van der Waals surface area contributed by atoms with Gasteiger partial charge in [0.1, 0.15) is 5.75 Å². The van der Waals surface area contributed by atoms with Crippen LogP contribution in [-0.4, -0.2) is 23.9 Å². The first-order valence-corrected chi connectivity index (χ1v) is 6.03. The van der Waals surface area contributed by atoms with Gasteiger partial charge >= 0.3 is 0 Å². The van der Waals surface area contributed by atoms with E-state index in [1.165, 1.54) is 0 Å². The number of aryl methyl sites for hydroxylation is 1. The van der Waals surface area contributed by atoms with Gasteiger partial charge in [-0.1, -0.05) is 11.6 Å². The SMILES string of the molecule is CNC(c1ccn(C)n1)c1cc(Cl)ccc1OC.